The van der Waals surface area contributed by atoms with Crippen molar-refractivity contribution in [3.63, 3.8) is 0 Å². The minimum atomic E-state index is -0.533. The molecule has 0 spiro atoms. The second-order valence-corrected chi connectivity index (χ2v) is 5.14. The first-order valence-electron chi connectivity index (χ1n) is 5.50. The third-order valence-corrected chi connectivity index (χ3v) is 3.32. The van der Waals surface area contributed by atoms with E-state index >= 15 is 0 Å². The van der Waals surface area contributed by atoms with Crippen molar-refractivity contribution in [3.05, 3.63) is 58.1 Å². The Morgan fingerprint density at radius 1 is 1.40 bits per heavy atom. The van der Waals surface area contributed by atoms with Crippen molar-refractivity contribution in [3.8, 4) is 0 Å². The van der Waals surface area contributed by atoms with Crippen LogP contribution in [0.15, 0.2) is 41.0 Å². The summed E-state index contributed by atoms with van der Waals surface area (Å²) < 4.78 is 14.0. The molecular weight excluding hydrogens is 345 g/mol. The summed E-state index contributed by atoms with van der Waals surface area (Å²) in [7, 11) is 0. The summed E-state index contributed by atoms with van der Waals surface area (Å²) in [5, 5.41) is 2.61. The molecule has 0 atom stereocenters. The van der Waals surface area contributed by atoms with E-state index in [9.17, 15) is 9.18 Å². The molecule has 2 aromatic rings. The molecule has 2 rings (SSSR count). The van der Waals surface area contributed by atoms with Crippen molar-refractivity contribution >= 4 is 44.7 Å². The maximum atomic E-state index is 13.4. The van der Waals surface area contributed by atoms with E-state index in [0.717, 1.165) is 0 Å². The number of pyridine rings is 1. The number of hydrogen-bond acceptors (Lipinski definition) is 3. The highest BCUT2D eigenvalue weighted by atomic mass is 79.9. The third kappa shape index (κ3) is 3.17. The monoisotopic (exact) mass is 353 g/mol. The van der Waals surface area contributed by atoms with Gasteiger partial charge < -0.3 is 11.1 Å². The number of nitrogens with two attached hydrogens (primary N) is 1. The Kier molecular flexibility index (Phi) is 4.41. The van der Waals surface area contributed by atoms with Crippen LogP contribution in [-0.2, 0) is 0 Å². The van der Waals surface area contributed by atoms with E-state index in [2.05, 4.69) is 26.2 Å². The fraction of sp³-hybridized carbons (Fsp3) is 0. The molecule has 0 radical (unpaired) electrons. The molecule has 1 aromatic carbocycles. The van der Waals surface area contributed by atoms with Gasteiger partial charge >= 0.3 is 0 Å². The number of aromatic nitrogens is 1. The molecule has 102 valence electrons. The first-order chi connectivity index (χ1) is 9.49. The number of halogens is 2. The third-order valence-electron chi connectivity index (χ3n) is 2.46. The normalized spacial score (nSPS) is 10.1. The zero-order chi connectivity index (χ0) is 14.7. The molecule has 0 saturated carbocycles. The van der Waals surface area contributed by atoms with Crippen LogP contribution in [0.3, 0.4) is 0 Å². The highest BCUT2D eigenvalue weighted by Crippen LogP contribution is 2.18. The van der Waals surface area contributed by atoms with Gasteiger partial charge in [0.1, 0.15) is 16.5 Å². The topological polar surface area (TPSA) is 68.0 Å². The van der Waals surface area contributed by atoms with Gasteiger partial charge in [-0.25, -0.2) is 9.37 Å². The fourth-order valence-corrected chi connectivity index (χ4v) is 2.13. The van der Waals surface area contributed by atoms with Crippen molar-refractivity contribution in [2.75, 3.05) is 5.32 Å². The molecule has 0 bridgehead atoms. The summed E-state index contributed by atoms with van der Waals surface area (Å²) in [5.41, 5.74) is 6.11. The minimum Gasteiger partial charge on any atom is -0.389 e. The highest BCUT2D eigenvalue weighted by molar-refractivity contribution is 9.10. The first-order valence-corrected chi connectivity index (χ1v) is 6.70. The van der Waals surface area contributed by atoms with Gasteiger partial charge in [-0.1, -0.05) is 12.2 Å². The van der Waals surface area contributed by atoms with E-state index in [0.29, 0.717) is 10.2 Å². The summed E-state index contributed by atoms with van der Waals surface area (Å²) in [6.45, 7) is 0. The molecule has 1 amide bonds. The number of carbonyl (C=O) groups is 1. The lowest BCUT2D eigenvalue weighted by Gasteiger charge is -2.08. The van der Waals surface area contributed by atoms with E-state index in [4.69, 9.17) is 18.0 Å². The van der Waals surface area contributed by atoms with Crippen molar-refractivity contribution in [1.82, 2.24) is 4.98 Å². The van der Waals surface area contributed by atoms with Crippen LogP contribution in [0.1, 0.15) is 16.1 Å². The zero-order valence-corrected chi connectivity index (χ0v) is 12.5. The molecule has 0 unspecified atom stereocenters. The SMILES string of the molecule is NC(=S)c1cc(NC(=O)c2ncccc2Br)ccc1F. The van der Waals surface area contributed by atoms with Crippen LogP contribution in [0.2, 0.25) is 0 Å². The second-order valence-electron chi connectivity index (χ2n) is 3.85. The predicted molar refractivity (Wildman–Crippen MR) is 82.2 cm³/mol. The van der Waals surface area contributed by atoms with Gasteiger partial charge in [-0.2, -0.15) is 0 Å². The summed E-state index contributed by atoms with van der Waals surface area (Å²) in [4.78, 5) is 15.9. The standard InChI is InChI=1S/C13H9BrFN3OS/c14-9-2-1-5-17-11(9)13(19)18-7-3-4-10(15)8(6-7)12(16)20/h1-6H,(H2,16,20)(H,18,19). The van der Waals surface area contributed by atoms with Crippen molar-refractivity contribution in [1.29, 1.82) is 0 Å². The average Bonchev–Trinajstić information content (AvgIpc) is 2.41. The van der Waals surface area contributed by atoms with Gasteiger partial charge in [0, 0.05) is 21.9 Å². The summed E-state index contributed by atoms with van der Waals surface area (Å²) in [6, 6.07) is 7.40. The van der Waals surface area contributed by atoms with Crippen LogP contribution < -0.4 is 11.1 Å². The Balaban J connectivity index is 2.27. The van der Waals surface area contributed by atoms with Crippen molar-refractivity contribution < 1.29 is 9.18 Å². The van der Waals surface area contributed by atoms with E-state index in [-0.39, 0.29) is 16.2 Å². The fourth-order valence-electron chi connectivity index (χ4n) is 1.53. The molecule has 4 nitrogen and oxygen atoms in total. The Hall–Kier alpha value is -1.86. The summed E-state index contributed by atoms with van der Waals surface area (Å²) >= 11 is 7.98. The maximum Gasteiger partial charge on any atom is 0.275 e. The van der Waals surface area contributed by atoms with Crippen LogP contribution in [-0.4, -0.2) is 15.9 Å². The van der Waals surface area contributed by atoms with Gasteiger partial charge in [0.25, 0.3) is 5.91 Å². The molecule has 0 aliphatic rings. The van der Waals surface area contributed by atoms with E-state index < -0.39 is 11.7 Å². The van der Waals surface area contributed by atoms with Crippen LogP contribution in [0, 0.1) is 5.82 Å². The van der Waals surface area contributed by atoms with Crippen molar-refractivity contribution in [2.45, 2.75) is 0 Å². The van der Waals surface area contributed by atoms with Crippen molar-refractivity contribution in [2.24, 2.45) is 5.73 Å². The van der Waals surface area contributed by atoms with E-state index in [1.165, 1.54) is 24.4 Å². The first kappa shape index (κ1) is 14.5. The quantitative estimate of drug-likeness (QED) is 0.832. The molecule has 7 heteroatoms. The predicted octanol–water partition coefficient (Wildman–Crippen LogP) is 2.87. The highest BCUT2D eigenvalue weighted by Gasteiger charge is 2.13. The Bertz CT molecular complexity index is 693. The van der Waals surface area contributed by atoms with E-state index in [1.54, 1.807) is 12.1 Å². The lowest BCUT2D eigenvalue weighted by atomic mass is 10.2. The summed E-state index contributed by atoms with van der Waals surface area (Å²) in [5.74, 6) is -0.951. The van der Waals surface area contributed by atoms with Crippen LogP contribution in [0.5, 0.6) is 0 Å². The largest absolute Gasteiger partial charge is 0.389 e. The van der Waals surface area contributed by atoms with Gasteiger partial charge in [-0.15, -0.1) is 0 Å². The molecule has 0 aliphatic heterocycles. The minimum absolute atomic E-state index is 0.0717. The van der Waals surface area contributed by atoms with Gasteiger partial charge in [0.15, 0.2) is 0 Å². The van der Waals surface area contributed by atoms with E-state index in [1.807, 2.05) is 0 Å². The maximum absolute atomic E-state index is 13.4. The molecule has 0 aliphatic carbocycles. The molecule has 0 saturated heterocycles. The lowest BCUT2D eigenvalue weighted by Crippen LogP contribution is -2.16. The number of nitrogens with zero attached hydrogens (tertiary/aromatic N) is 1. The molecule has 3 N–H and O–H groups in total. The Labute approximate surface area is 128 Å². The average molecular weight is 354 g/mol. The number of amides is 1. The molecule has 20 heavy (non-hydrogen) atoms. The second kappa shape index (κ2) is 6.06. The number of rotatable bonds is 3. The number of nitrogens with one attached hydrogen (secondary N) is 1. The lowest BCUT2D eigenvalue weighted by molar-refractivity contribution is 0.102. The number of carbonyl (C=O) groups excluding carboxylic acids is 1. The van der Waals surface area contributed by atoms with Gasteiger partial charge in [-0.05, 0) is 46.3 Å². The number of hydrogen-bond donors (Lipinski definition) is 2. The van der Waals surface area contributed by atoms with Crippen LogP contribution in [0.4, 0.5) is 10.1 Å². The molecule has 0 fully saturated rings. The number of thiocarbonyl (C=S) groups is 1. The number of benzene rings is 1. The smallest absolute Gasteiger partial charge is 0.275 e. The zero-order valence-electron chi connectivity index (χ0n) is 10.1. The van der Waals surface area contributed by atoms with Crippen LogP contribution >= 0.6 is 28.1 Å². The Morgan fingerprint density at radius 3 is 2.80 bits per heavy atom. The molecule has 1 aromatic heterocycles. The van der Waals surface area contributed by atoms with Gasteiger partial charge in [0.05, 0.1) is 0 Å². The molecule has 1 heterocycles. The summed E-state index contributed by atoms with van der Waals surface area (Å²) in [6.07, 6.45) is 1.50. The Morgan fingerprint density at radius 2 is 2.15 bits per heavy atom. The van der Waals surface area contributed by atoms with Gasteiger partial charge in [-0.3, -0.25) is 4.79 Å². The van der Waals surface area contributed by atoms with Crippen LogP contribution in [0.25, 0.3) is 0 Å². The number of anilines is 1. The van der Waals surface area contributed by atoms with Gasteiger partial charge in [0.2, 0.25) is 0 Å². The molecular formula is C13H9BrFN3OS.